The number of anilines is 1. The fraction of sp³-hybridized carbons (Fsp3) is 0.357. The van der Waals surface area contributed by atoms with Gasteiger partial charge in [0.1, 0.15) is 5.92 Å². The quantitative estimate of drug-likeness (QED) is 0.905. The minimum atomic E-state index is -0.767. The van der Waals surface area contributed by atoms with Crippen molar-refractivity contribution >= 4 is 22.4 Å². The van der Waals surface area contributed by atoms with Gasteiger partial charge < -0.3 is 10.4 Å². The van der Waals surface area contributed by atoms with E-state index in [0.717, 1.165) is 34.1 Å². The van der Waals surface area contributed by atoms with Crippen molar-refractivity contribution in [2.45, 2.75) is 31.7 Å². The van der Waals surface area contributed by atoms with Crippen LogP contribution in [0, 0.1) is 0 Å². The van der Waals surface area contributed by atoms with Gasteiger partial charge in [-0.25, -0.2) is 4.98 Å². The number of carboxylic acids is 1. The fourth-order valence-electron chi connectivity index (χ4n) is 2.41. The molecule has 1 unspecified atom stereocenters. The summed E-state index contributed by atoms with van der Waals surface area (Å²) in [5.74, 6) is -1.21. The van der Waals surface area contributed by atoms with Gasteiger partial charge in [-0.05, 0) is 37.0 Å². The molecule has 2 heterocycles. The van der Waals surface area contributed by atoms with Gasteiger partial charge in [-0.15, -0.1) is 11.3 Å². The van der Waals surface area contributed by atoms with Gasteiger partial charge in [-0.1, -0.05) is 0 Å². The molecule has 0 aromatic carbocycles. The van der Waals surface area contributed by atoms with Gasteiger partial charge in [0.25, 0.3) is 0 Å². The maximum atomic E-state index is 11.2. The summed E-state index contributed by atoms with van der Waals surface area (Å²) in [6.07, 6.45) is 6.06. The van der Waals surface area contributed by atoms with Gasteiger partial charge in [-0.3, -0.25) is 9.78 Å². The average Bonchev–Trinajstić information content (AvgIpc) is 2.88. The van der Waals surface area contributed by atoms with Gasteiger partial charge in [0, 0.05) is 23.8 Å². The molecule has 3 rings (SSSR count). The standard InChI is InChI=1S/C14H15N3O2S/c18-13(19)10-2-1-3-11-12(10)17-14(20-11)16-8-9-4-6-15-7-5-9/h4-7,10H,1-3,8H2,(H,16,17)(H,18,19). The topological polar surface area (TPSA) is 75.1 Å². The Hall–Kier alpha value is -1.95. The van der Waals surface area contributed by atoms with Crippen LogP contribution in [0.2, 0.25) is 0 Å². The fourth-order valence-corrected chi connectivity index (χ4v) is 3.47. The van der Waals surface area contributed by atoms with Crippen LogP contribution in [-0.2, 0) is 17.8 Å². The first kappa shape index (κ1) is 13.1. The van der Waals surface area contributed by atoms with E-state index in [9.17, 15) is 9.90 Å². The van der Waals surface area contributed by atoms with Crippen molar-refractivity contribution in [2.24, 2.45) is 0 Å². The molecule has 104 valence electrons. The lowest BCUT2D eigenvalue weighted by Gasteiger charge is -2.16. The molecule has 6 heteroatoms. The molecular formula is C14H15N3O2S. The van der Waals surface area contributed by atoms with E-state index in [1.54, 1.807) is 23.7 Å². The molecule has 2 aromatic heterocycles. The predicted octanol–water partition coefficient (Wildman–Crippen LogP) is 2.65. The van der Waals surface area contributed by atoms with Crippen molar-refractivity contribution in [1.82, 2.24) is 9.97 Å². The van der Waals surface area contributed by atoms with Gasteiger partial charge in [0.2, 0.25) is 0 Å². The van der Waals surface area contributed by atoms with Crippen molar-refractivity contribution in [2.75, 3.05) is 5.32 Å². The number of nitrogens with zero attached hydrogens (tertiary/aromatic N) is 2. The number of nitrogens with one attached hydrogen (secondary N) is 1. The first-order valence-corrected chi connectivity index (χ1v) is 7.41. The van der Waals surface area contributed by atoms with E-state index in [0.29, 0.717) is 13.0 Å². The Morgan fingerprint density at radius 2 is 2.25 bits per heavy atom. The summed E-state index contributed by atoms with van der Waals surface area (Å²) >= 11 is 1.57. The van der Waals surface area contributed by atoms with E-state index in [-0.39, 0.29) is 0 Å². The summed E-state index contributed by atoms with van der Waals surface area (Å²) in [5.41, 5.74) is 1.88. The Balaban J connectivity index is 1.74. The SMILES string of the molecule is O=C(O)C1CCCc2sc(NCc3ccncc3)nc21. The second kappa shape index (κ2) is 5.58. The smallest absolute Gasteiger partial charge is 0.312 e. The highest BCUT2D eigenvalue weighted by molar-refractivity contribution is 7.15. The number of fused-ring (bicyclic) bond motifs is 1. The van der Waals surface area contributed by atoms with Crippen LogP contribution in [0.1, 0.15) is 34.9 Å². The van der Waals surface area contributed by atoms with Crippen molar-refractivity contribution in [3.8, 4) is 0 Å². The lowest BCUT2D eigenvalue weighted by Crippen LogP contribution is -2.17. The molecule has 1 aliphatic carbocycles. The Labute approximate surface area is 120 Å². The first-order chi connectivity index (χ1) is 9.74. The highest BCUT2D eigenvalue weighted by Gasteiger charge is 2.29. The summed E-state index contributed by atoms with van der Waals surface area (Å²) in [4.78, 5) is 20.8. The first-order valence-electron chi connectivity index (χ1n) is 6.59. The maximum Gasteiger partial charge on any atom is 0.312 e. The maximum absolute atomic E-state index is 11.2. The number of hydrogen-bond donors (Lipinski definition) is 2. The third-order valence-corrected chi connectivity index (χ3v) is 4.53. The van der Waals surface area contributed by atoms with Gasteiger partial charge in [-0.2, -0.15) is 0 Å². The number of pyridine rings is 1. The highest BCUT2D eigenvalue weighted by Crippen LogP contribution is 2.36. The summed E-state index contributed by atoms with van der Waals surface area (Å²) in [7, 11) is 0. The van der Waals surface area contributed by atoms with Gasteiger partial charge in [0.15, 0.2) is 5.13 Å². The molecule has 20 heavy (non-hydrogen) atoms. The molecule has 0 fully saturated rings. The monoisotopic (exact) mass is 289 g/mol. The predicted molar refractivity (Wildman–Crippen MR) is 77.0 cm³/mol. The van der Waals surface area contributed by atoms with Crippen molar-refractivity contribution in [3.63, 3.8) is 0 Å². The normalized spacial score (nSPS) is 17.5. The second-order valence-corrected chi connectivity index (χ2v) is 5.90. The van der Waals surface area contributed by atoms with Crippen LogP contribution in [0.15, 0.2) is 24.5 Å². The van der Waals surface area contributed by atoms with Crippen LogP contribution in [0.4, 0.5) is 5.13 Å². The minimum Gasteiger partial charge on any atom is -0.481 e. The van der Waals surface area contributed by atoms with Crippen LogP contribution in [-0.4, -0.2) is 21.0 Å². The number of aryl methyl sites for hydroxylation is 1. The molecule has 0 amide bonds. The van der Waals surface area contributed by atoms with Crippen LogP contribution in [0.25, 0.3) is 0 Å². The Morgan fingerprint density at radius 1 is 1.45 bits per heavy atom. The number of aromatic nitrogens is 2. The minimum absolute atomic E-state index is 0.438. The summed E-state index contributed by atoms with van der Waals surface area (Å²) < 4.78 is 0. The Morgan fingerprint density at radius 3 is 3.00 bits per heavy atom. The van der Waals surface area contributed by atoms with Crippen LogP contribution >= 0.6 is 11.3 Å². The molecule has 5 nitrogen and oxygen atoms in total. The summed E-state index contributed by atoms with van der Waals surface area (Å²) in [6, 6.07) is 3.89. The van der Waals surface area contributed by atoms with Gasteiger partial charge in [0.05, 0.1) is 5.69 Å². The summed E-state index contributed by atoms with van der Waals surface area (Å²) in [5, 5.41) is 13.3. The Bertz CT molecular complexity index is 612. The van der Waals surface area contributed by atoms with E-state index in [2.05, 4.69) is 15.3 Å². The zero-order valence-corrected chi connectivity index (χ0v) is 11.7. The van der Waals surface area contributed by atoms with Crippen LogP contribution < -0.4 is 5.32 Å². The Kier molecular flexibility index (Phi) is 3.64. The molecule has 1 aliphatic rings. The largest absolute Gasteiger partial charge is 0.481 e. The zero-order valence-electron chi connectivity index (χ0n) is 10.9. The average molecular weight is 289 g/mol. The summed E-state index contributed by atoms with van der Waals surface area (Å²) in [6.45, 7) is 0.673. The number of carbonyl (C=O) groups is 1. The van der Waals surface area contributed by atoms with Crippen molar-refractivity contribution < 1.29 is 9.90 Å². The number of carboxylic acid groups (broad SMARTS) is 1. The number of thiazole rings is 1. The van der Waals surface area contributed by atoms with E-state index in [4.69, 9.17) is 0 Å². The lowest BCUT2D eigenvalue weighted by atomic mass is 9.91. The second-order valence-electron chi connectivity index (χ2n) is 4.82. The zero-order chi connectivity index (χ0) is 13.9. The van der Waals surface area contributed by atoms with E-state index >= 15 is 0 Å². The number of aliphatic carboxylic acids is 1. The van der Waals surface area contributed by atoms with Crippen LogP contribution in [0.3, 0.4) is 0 Å². The molecular weight excluding hydrogens is 274 g/mol. The van der Waals surface area contributed by atoms with Crippen molar-refractivity contribution in [1.29, 1.82) is 0 Å². The molecule has 0 bridgehead atoms. The number of hydrogen-bond acceptors (Lipinski definition) is 5. The molecule has 0 saturated heterocycles. The molecule has 0 saturated carbocycles. The third-order valence-electron chi connectivity index (χ3n) is 3.45. The lowest BCUT2D eigenvalue weighted by molar-refractivity contribution is -0.139. The van der Waals surface area contributed by atoms with Gasteiger partial charge >= 0.3 is 5.97 Å². The van der Waals surface area contributed by atoms with E-state index in [1.165, 1.54) is 0 Å². The molecule has 0 spiro atoms. The molecule has 2 aromatic rings. The number of rotatable bonds is 4. The van der Waals surface area contributed by atoms with Crippen molar-refractivity contribution in [3.05, 3.63) is 40.7 Å². The van der Waals surface area contributed by atoms with E-state index < -0.39 is 11.9 Å². The van der Waals surface area contributed by atoms with Crippen LogP contribution in [0.5, 0.6) is 0 Å². The molecule has 0 aliphatic heterocycles. The third kappa shape index (κ3) is 2.65. The highest BCUT2D eigenvalue weighted by atomic mass is 32.1. The molecule has 1 atom stereocenters. The van der Waals surface area contributed by atoms with E-state index in [1.807, 2.05) is 12.1 Å². The molecule has 2 N–H and O–H groups in total. The molecule has 0 radical (unpaired) electrons.